The van der Waals surface area contributed by atoms with E-state index in [9.17, 15) is 5.11 Å². The first-order valence-electron chi connectivity index (χ1n) is 9.62. The molecule has 26 heavy (non-hydrogen) atoms. The molecule has 2 aromatic rings. The lowest BCUT2D eigenvalue weighted by Gasteiger charge is -2.47. The predicted octanol–water partition coefficient (Wildman–Crippen LogP) is 3.39. The Kier molecular flexibility index (Phi) is 4.57. The Morgan fingerprint density at radius 3 is 2.65 bits per heavy atom. The lowest BCUT2D eigenvalue weighted by Crippen LogP contribution is -2.55. The zero-order valence-electron chi connectivity index (χ0n) is 15.9. The number of piperidine rings is 2. The molecule has 2 aliphatic rings. The normalized spacial score (nSPS) is 23.7. The largest absolute Gasteiger partial charge is 0.507 e. The minimum absolute atomic E-state index is 0.275. The van der Waals surface area contributed by atoms with Gasteiger partial charge in [-0.3, -0.25) is 0 Å². The number of aromatic nitrogens is 2. The quantitative estimate of drug-likeness (QED) is 0.898. The van der Waals surface area contributed by atoms with Crippen LogP contribution in [0, 0.1) is 19.8 Å². The number of benzene rings is 1. The highest BCUT2D eigenvalue weighted by Crippen LogP contribution is 2.35. The van der Waals surface area contributed by atoms with E-state index in [1.54, 1.807) is 6.07 Å². The van der Waals surface area contributed by atoms with Gasteiger partial charge in [-0.25, -0.2) is 0 Å². The molecular weight excluding hydrogens is 324 g/mol. The van der Waals surface area contributed by atoms with Crippen molar-refractivity contribution in [1.82, 2.24) is 15.1 Å². The van der Waals surface area contributed by atoms with Crippen molar-refractivity contribution < 1.29 is 5.11 Å². The summed E-state index contributed by atoms with van der Waals surface area (Å²) in [6, 6.07) is 8.45. The minimum atomic E-state index is 0.275. The topological polar surface area (TPSA) is 52.5 Å². The van der Waals surface area contributed by atoms with Crippen molar-refractivity contribution >= 4 is 5.82 Å². The van der Waals surface area contributed by atoms with Gasteiger partial charge in [0, 0.05) is 24.7 Å². The van der Waals surface area contributed by atoms with Gasteiger partial charge in [-0.1, -0.05) is 6.07 Å². The molecule has 0 spiro atoms. The minimum Gasteiger partial charge on any atom is -0.507 e. The number of phenolic OH excluding ortho intramolecular Hbond substituents is 1. The maximum absolute atomic E-state index is 10.3. The van der Waals surface area contributed by atoms with E-state index in [2.05, 4.69) is 39.2 Å². The maximum Gasteiger partial charge on any atom is 0.151 e. The molecule has 0 aliphatic carbocycles. The highest BCUT2D eigenvalue weighted by molar-refractivity contribution is 5.71. The zero-order valence-corrected chi connectivity index (χ0v) is 15.9. The number of hydrogen-bond acceptors (Lipinski definition) is 5. The summed E-state index contributed by atoms with van der Waals surface area (Å²) in [6.45, 7) is 7.35. The van der Waals surface area contributed by atoms with Gasteiger partial charge in [0.15, 0.2) is 5.82 Å². The van der Waals surface area contributed by atoms with Gasteiger partial charge < -0.3 is 14.9 Å². The average molecular weight is 352 g/mol. The van der Waals surface area contributed by atoms with E-state index in [0.717, 1.165) is 47.2 Å². The van der Waals surface area contributed by atoms with E-state index < -0.39 is 0 Å². The molecule has 2 saturated heterocycles. The number of likely N-dealkylation sites (N-methyl/N-ethyl adjacent to an activating group) is 1. The van der Waals surface area contributed by atoms with Crippen molar-refractivity contribution in [3.63, 3.8) is 0 Å². The fraction of sp³-hybridized carbons (Fsp3) is 0.524. The monoisotopic (exact) mass is 352 g/mol. The Morgan fingerprint density at radius 1 is 1.08 bits per heavy atom. The number of phenols is 1. The Hall–Kier alpha value is -2.14. The van der Waals surface area contributed by atoms with Crippen LogP contribution >= 0.6 is 0 Å². The van der Waals surface area contributed by atoms with Gasteiger partial charge in [0.25, 0.3) is 0 Å². The van der Waals surface area contributed by atoms with Crippen molar-refractivity contribution in [2.24, 2.45) is 5.92 Å². The number of likely N-dealkylation sites (tertiary alicyclic amines) is 1. The molecular formula is C21H28N4O. The number of rotatable bonds is 2. The standard InChI is InChI=1S/C21H28N4O/c1-14-11-15(2)21(19(26)12-14)17-6-7-20(23-22-17)25-9-4-5-16-8-10-24(3)13-18(16)25/h6-7,11-12,16,18,26H,4-5,8-10,13H2,1-3H3. The van der Waals surface area contributed by atoms with Gasteiger partial charge in [-0.2, -0.15) is 0 Å². The van der Waals surface area contributed by atoms with Crippen molar-refractivity contribution in [3.05, 3.63) is 35.4 Å². The smallest absolute Gasteiger partial charge is 0.151 e. The van der Waals surface area contributed by atoms with Crippen LogP contribution in [0.3, 0.4) is 0 Å². The Morgan fingerprint density at radius 2 is 1.92 bits per heavy atom. The van der Waals surface area contributed by atoms with E-state index in [1.165, 1.54) is 25.8 Å². The zero-order chi connectivity index (χ0) is 18.3. The van der Waals surface area contributed by atoms with Crippen LogP contribution < -0.4 is 4.90 Å². The molecule has 1 N–H and O–H groups in total. The summed E-state index contributed by atoms with van der Waals surface area (Å²) in [6.07, 6.45) is 3.84. The first-order chi connectivity index (χ1) is 12.5. The number of aryl methyl sites for hydroxylation is 2. The SMILES string of the molecule is Cc1cc(C)c(-c2ccc(N3CCCC4CCN(C)CC43)nn2)c(O)c1. The molecule has 5 nitrogen and oxygen atoms in total. The molecule has 2 aliphatic heterocycles. The van der Waals surface area contributed by atoms with E-state index in [-0.39, 0.29) is 5.75 Å². The number of nitrogens with zero attached hydrogens (tertiary/aromatic N) is 4. The number of aromatic hydroxyl groups is 1. The van der Waals surface area contributed by atoms with Crippen molar-refractivity contribution in [2.45, 2.75) is 39.2 Å². The summed E-state index contributed by atoms with van der Waals surface area (Å²) in [4.78, 5) is 4.87. The van der Waals surface area contributed by atoms with Gasteiger partial charge in [-0.05, 0) is 81.9 Å². The second-order valence-electron chi connectivity index (χ2n) is 7.97. The Bertz CT molecular complexity index is 766. The first kappa shape index (κ1) is 17.3. The van der Waals surface area contributed by atoms with Crippen molar-refractivity contribution in [2.75, 3.05) is 31.6 Å². The molecule has 5 heteroatoms. The molecule has 1 aromatic carbocycles. The van der Waals surface area contributed by atoms with E-state index in [0.29, 0.717) is 6.04 Å². The molecule has 0 bridgehead atoms. The van der Waals surface area contributed by atoms with Crippen LogP contribution in [-0.4, -0.2) is 52.9 Å². The predicted molar refractivity (Wildman–Crippen MR) is 105 cm³/mol. The second-order valence-corrected chi connectivity index (χ2v) is 7.97. The third-order valence-electron chi connectivity index (χ3n) is 5.96. The molecule has 4 rings (SSSR count). The van der Waals surface area contributed by atoms with Crippen LogP contribution in [0.25, 0.3) is 11.3 Å². The van der Waals surface area contributed by atoms with E-state index in [1.807, 2.05) is 19.9 Å². The number of hydrogen-bond donors (Lipinski definition) is 1. The summed E-state index contributed by atoms with van der Waals surface area (Å²) >= 11 is 0. The third kappa shape index (κ3) is 3.16. The van der Waals surface area contributed by atoms with Crippen LogP contribution in [0.4, 0.5) is 5.82 Å². The van der Waals surface area contributed by atoms with E-state index in [4.69, 9.17) is 0 Å². The van der Waals surface area contributed by atoms with Gasteiger partial charge in [0.2, 0.25) is 0 Å². The summed E-state index contributed by atoms with van der Waals surface area (Å²) in [7, 11) is 2.21. The molecule has 2 fully saturated rings. The summed E-state index contributed by atoms with van der Waals surface area (Å²) in [5.41, 5.74) is 3.59. The lowest BCUT2D eigenvalue weighted by atomic mass is 9.83. The summed E-state index contributed by atoms with van der Waals surface area (Å²) in [5.74, 6) is 2.00. The van der Waals surface area contributed by atoms with Crippen LogP contribution in [0.1, 0.15) is 30.4 Å². The molecule has 2 atom stereocenters. The second kappa shape index (κ2) is 6.88. The van der Waals surface area contributed by atoms with Crippen molar-refractivity contribution in [3.8, 4) is 17.0 Å². The molecule has 1 aromatic heterocycles. The average Bonchev–Trinajstić information content (AvgIpc) is 2.61. The lowest BCUT2D eigenvalue weighted by molar-refractivity contribution is 0.158. The van der Waals surface area contributed by atoms with Crippen LogP contribution in [0.15, 0.2) is 24.3 Å². The molecule has 0 saturated carbocycles. The third-order valence-corrected chi connectivity index (χ3v) is 5.96. The molecule has 2 unspecified atom stereocenters. The number of anilines is 1. The maximum atomic E-state index is 10.3. The van der Waals surface area contributed by atoms with Gasteiger partial charge >= 0.3 is 0 Å². The first-order valence-corrected chi connectivity index (χ1v) is 9.62. The van der Waals surface area contributed by atoms with Crippen LogP contribution in [-0.2, 0) is 0 Å². The van der Waals surface area contributed by atoms with Gasteiger partial charge in [0.1, 0.15) is 5.75 Å². The summed E-state index contributed by atoms with van der Waals surface area (Å²) < 4.78 is 0. The summed E-state index contributed by atoms with van der Waals surface area (Å²) in [5, 5.41) is 19.4. The number of fused-ring (bicyclic) bond motifs is 1. The van der Waals surface area contributed by atoms with Gasteiger partial charge in [-0.15, -0.1) is 10.2 Å². The molecule has 138 valence electrons. The molecule has 0 amide bonds. The van der Waals surface area contributed by atoms with Crippen LogP contribution in [0.5, 0.6) is 5.75 Å². The molecule has 3 heterocycles. The van der Waals surface area contributed by atoms with Gasteiger partial charge in [0.05, 0.1) is 5.69 Å². The van der Waals surface area contributed by atoms with Crippen molar-refractivity contribution in [1.29, 1.82) is 0 Å². The fourth-order valence-electron chi connectivity index (χ4n) is 4.69. The van der Waals surface area contributed by atoms with E-state index >= 15 is 0 Å². The Balaban J connectivity index is 1.62. The fourth-order valence-corrected chi connectivity index (χ4v) is 4.69. The Labute approximate surface area is 155 Å². The molecule has 0 radical (unpaired) electrons. The van der Waals surface area contributed by atoms with Crippen LogP contribution in [0.2, 0.25) is 0 Å². The highest BCUT2D eigenvalue weighted by Gasteiger charge is 2.35. The highest BCUT2D eigenvalue weighted by atomic mass is 16.3.